The number of carbonyl (C=O) groups excluding carboxylic acids is 2. The zero-order valence-electron chi connectivity index (χ0n) is 55.6. The Hall–Kier alpha value is -2.81. The molecule has 0 saturated carbocycles. The standard InChI is InChI=1S/C74H134NO8P/c1-6-8-10-12-14-16-18-20-22-24-26-28-29-30-31-32-33-34-35-36-37-38-39-40-41-42-43-44-45-47-49-51-53-55-57-59-61-63-65-67-74(77)83-72(71-82-84(78,79)81-69-68-75(3,4)5)70-80-73(76)66-64-62-60-58-56-54-52-50-48-46-27-25-23-21-19-17-15-13-11-9-7-2/h8,10,14,16,20,22,25-28,30-31,33-34,72H,6-7,9,11-13,15,17-19,21,23-24,29,32,35-71H2,1-5H3/p+1/b10-8-,16-14-,22-20-,27-25-,28-26-,31-30-,34-33-. The van der Waals surface area contributed by atoms with Crippen LogP contribution in [0.1, 0.15) is 322 Å². The Labute approximate surface area is 520 Å². The third-order valence-corrected chi connectivity index (χ3v) is 16.4. The Kier molecular flexibility index (Phi) is 62.5. The van der Waals surface area contributed by atoms with Crippen molar-refractivity contribution >= 4 is 19.8 Å². The third-order valence-electron chi connectivity index (χ3n) is 15.4. The lowest BCUT2D eigenvalue weighted by molar-refractivity contribution is -0.870. The molecule has 488 valence electrons. The van der Waals surface area contributed by atoms with Crippen molar-refractivity contribution in [2.24, 2.45) is 0 Å². The molecule has 0 fully saturated rings. The van der Waals surface area contributed by atoms with Gasteiger partial charge in [-0.25, -0.2) is 4.57 Å². The summed E-state index contributed by atoms with van der Waals surface area (Å²) in [6.45, 7) is 4.36. The van der Waals surface area contributed by atoms with E-state index in [1.807, 2.05) is 21.1 Å². The molecule has 0 spiro atoms. The van der Waals surface area contributed by atoms with Gasteiger partial charge in [0, 0.05) is 12.8 Å². The lowest BCUT2D eigenvalue weighted by atomic mass is 10.0. The van der Waals surface area contributed by atoms with Crippen molar-refractivity contribution in [3.8, 4) is 0 Å². The van der Waals surface area contributed by atoms with E-state index in [2.05, 4.69) is 98.9 Å². The first-order chi connectivity index (χ1) is 41.0. The van der Waals surface area contributed by atoms with Gasteiger partial charge in [0.05, 0.1) is 27.7 Å². The van der Waals surface area contributed by atoms with Crippen LogP contribution in [0.4, 0.5) is 0 Å². The number of esters is 2. The number of hydrogen-bond acceptors (Lipinski definition) is 7. The topological polar surface area (TPSA) is 108 Å². The minimum atomic E-state index is -4.39. The number of phosphoric acid groups is 1. The largest absolute Gasteiger partial charge is 0.472 e. The minimum Gasteiger partial charge on any atom is -0.462 e. The van der Waals surface area contributed by atoms with Gasteiger partial charge in [-0.1, -0.05) is 304 Å². The quantitative estimate of drug-likeness (QED) is 0.0211. The highest BCUT2D eigenvalue weighted by atomic mass is 31.2. The van der Waals surface area contributed by atoms with E-state index < -0.39 is 26.5 Å². The average Bonchev–Trinajstić information content (AvgIpc) is 3.61. The molecule has 10 heteroatoms. The molecule has 0 amide bonds. The summed E-state index contributed by atoms with van der Waals surface area (Å²) in [5.74, 6) is -0.787. The van der Waals surface area contributed by atoms with Crippen LogP contribution >= 0.6 is 7.82 Å². The smallest absolute Gasteiger partial charge is 0.462 e. The maximum absolute atomic E-state index is 12.9. The number of quaternary nitrogens is 1. The van der Waals surface area contributed by atoms with Crippen LogP contribution in [-0.4, -0.2) is 74.9 Å². The maximum atomic E-state index is 12.9. The third kappa shape index (κ3) is 68.3. The van der Waals surface area contributed by atoms with E-state index in [0.717, 1.165) is 70.6 Å². The second-order valence-electron chi connectivity index (χ2n) is 24.9. The number of phosphoric ester groups is 1. The van der Waals surface area contributed by atoms with Gasteiger partial charge in [0.25, 0.3) is 0 Å². The highest BCUT2D eigenvalue weighted by Gasteiger charge is 2.27. The van der Waals surface area contributed by atoms with Crippen molar-refractivity contribution in [1.82, 2.24) is 0 Å². The number of carbonyl (C=O) groups is 2. The minimum absolute atomic E-state index is 0.0314. The molecule has 84 heavy (non-hydrogen) atoms. The fourth-order valence-electron chi connectivity index (χ4n) is 10.0. The van der Waals surface area contributed by atoms with E-state index in [4.69, 9.17) is 18.5 Å². The molecule has 0 aliphatic heterocycles. The van der Waals surface area contributed by atoms with Gasteiger partial charge < -0.3 is 18.9 Å². The fraction of sp³-hybridized carbons (Fsp3) is 0.784. The van der Waals surface area contributed by atoms with Crippen molar-refractivity contribution in [3.63, 3.8) is 0 Å². The van der Waals surface area contributed by atoms with Crippen LogP contribution in [-0.2, 0) is 32.7 Å². The van der Waals surface area contributed by atoms with Crippen molar-refractivity contribution in [3.05, 3.63) is 85.1 Å². The first kappa shape index (κ1) is 81.2. The molecule has 0 aliphatic rings. The summed E-state index contributed by atoms with van der Waals surface area (Å²) in [6, 6.07) is 0. The highest BCUT2D eigenvalue weighted by Crippen LogP contribution is 2.43. The van der Waals surface area contributed by atoms with Gasteiger partial charge in [-0.15, -0.1) is 0 Å². The lowest BCUT2D eigenvalue weighted by Gasteiger charge is -2.24. The van der Waals surface area contributed by atoms with E-state index in [-0.39, 0.29) is 32.0 Å². The van der Waals surface area contributed by atoms with Gasteiger partial charge in [0.1, 0.15) is 19.8 Å². The summed E-state index contributed by atoms with van der Waals surface area (Å²) in [5, 5.41) is 0. The van der Waals surface area contributed by atoms with Crippen molar-refractivity contribution in [2.45, 2.75) is 328 Å². The summed E-state index contributed by atoms with van der Waals surface area (Å²) in [4.78, 5) is 35.8. The first-order valence-electron chi connectivity index (χ1n) is 35.3. The number of nitrogens with zero attached hydrogens (tertiary/aromatic N) is 1. The van der Waals surface area contributed by atoms with E-state index in [1.165, 1.54) is 218 Å². The van der Waals surface area contributed by atoms with E-state index in [0.29, 0.717) is 17.4 Å². The Balaban J connectivity index is 3.97. The molecule has 0 bridgehead atoms. The molecule has 2 unspecified atom stereocenters. The number of ether oxygens (including phenoxy) is 2. The van der Waals surface area contributed by atoms with Crippen LogP contribution in [0, 0.1) is 0 Å². The van der Waals surface area contributed by atoms with Crippen molar-refractivity contribution < 1.29 is 42.1 Å². The van der Waals surface area contributed by atoms with Crippen molar-refractivity contribution in [2.75, 3.05) is 47.5 Å². The molecule has 0 aromatic rings. The summed E-state index contributed by atoms with van der Waals surface area (Å²) in [7, 11) is 1.49. The fourth-order valence-corrected chi connectivity index (χ4v) is 10.8. The molecular weight excluding hydrogens is 1060 g/mol. The predicted molar refractivity (Wildman–Crippen MR) is 362 cm³/mol. The Morgan fingerprint density at radius 1 is 0.381 bits per heavy atom. The second-order valence-corrected chi connectivity index (χ2v) is 26.3. The van der Waals surface area contributed by atoms with Crippen LogP contribution in [0.15, 0.2) is 85.1 Å². The maximum Gasteiger partial charge on any atom is 0.472 e. The zero-order valence-corrected chi connectivity index (χ0v) is 56.5. The molecule has 0 aromatic heterocycles. The molecule has 0 rings (SSSR count). The monoisotopic (exact) mass is 1200 g/mol. The number of likely N-dealkylation sites (N-methyl/N-ethyl adjacent to an activating group) is 1. The second kappa shape index (κ2) is 64.7. The van der Waals surface area contributed by atoms with Crippen LogP contribution in [0.2, 0.25) is 0 Å². The van der Waals surface area contributed by atoms with Gasteiger partial charge >= 0.3 is 19.8 Å². The molecule has 2 atom stereocenters. The highest BCUT2D eigenvalue weighted by molar-refractivity contribution is 7.47. The molecule has 1 N–H and O–H groups in total. The van der Waals surface area contributed by atoms with Gasteiger partial charge in [-0.2, -0.15) is 0 Å². The Morgan fingerprint density at radius 3 is 1.02 bits per heavy atom. The molecule has 0 aromatic carbocycles. The normalized spacial score (nSPS) is 13.6. The van der Waals surface area contributed by atoms with Crippen LogP contribution in [0.3, 0.4) is 0 Å². The summed E-state index contributed by atoms with van der Waals surface area (Å²) < 4.78 is 34.7. The molecule has 9 nitrogen and oxygen atoms in total. The van der Waals surface area contributed by atoms with Crippen LogP contribution in [0.5, 0.6) is 0 Å². The van der Waals surface area contributed by atoms with Crippen LogP contribution < -0.4 is 0 Å². The lowest BCUT2D eigenvalue weighted by Crippen LogP contribution is -2.37. The van der Waals surface area contributed by atoms with Gasteiger partial charge in [0.15, 0.2) is 6.10 Å². The molecule has 0 saturated heterocycles. The molecule has 0 radical (unpaired) electrons. The molecule has 0 heterocycles. The van der Waals surface area contributed by atoms with E-state index >= 15 is 0 Å². The number of allylic oxidation sites excluding steroid dienone is 14. The first-order valence-corrected chi connectivity index (χ1v) is 36.8. The number of unbranched alkanes of at least 4 members (excludes halogenated alkanes) is 37. The van der Waals surface area contributed by atoms with E-state index in [1.54, 1.807) is 0 Å². The summed E-state index contributed by atoms with van der Waals surface area (Å²) in [5.41, 5.74) is 0. The van der Waals surface area contributed by atoms with Crippen molar-refractivity contribution in [1.29, 1.82) is 0 Å². The molecular formula is C74H135NO8P+. The van der Waals surface area contributed by atoms with Crippen LogP contribution in [0.25, 0.3) is 0 Å². The SMILES string of the molecule is CC/C=C\C/C=C\C/C=C\C/C=C\C/C=C\C/C=C\CCCCCCCCCCCCCCCCCCCCCCC(=O)OC(COC(=O)CCCCCCCCCCC/C=C\CCCCCCCCCC)COP(=O)(O)OCC[N+](C)(C)C. The number of rotatable bonds is 65. The number of hydrogen-bond donors (Lipinski definition) is 1. The predicted octanol–water partition coefficient (Wildman–Crippen LogP) is 22.9. The molecule has 0 aliphatic carbocycles. The zero-order chi connectivity index (χ0) is 61.2. The van der Waals surface area contributed by atoms with Gasteiger partial charge in [0.2, 0.25) is 0 Å². The van der Waals surface area contributed by atoms with E-state index in [9.17, 15) is 19.0 Å². The van der Waals surface area contributed by atoms with Gasteiger partial charge in [-0.3, -0.25) is 18.6 Å². The Morgan fingerprint density at radius 2 is 0.679 bits per heavy atom. The van der Waals surface area contributed by atoms with Gasteiger partial charge in [-0.05, 0) is 89.9 Å². The Bertz CT molecular complexity index is 1690. The average molecular weight is 1200 g/mol. The summed E-state index contributed by atoms with van der Waals surface area (Å²) in [6.07, 6.45) is 88.4. The summed E-state index contributed by atoms with van der Waals surface area (Å²) >= 11 is 0.